The van der Waals surface area contributed by atoms with Gasteiger partial charge in [0.25, 0.3) is 0 Å². The number of aliphatic hydroxyl groups excluding tert-OH is 1. The molecule has 0 amide bonds. The highest BCUT2D eigenvalue weighted by atomic mass is 31.2. The molecule has 0 aromatic carbocycles. The highest BCUT2D eigenvalue weighted by molar-refractivity contribution is 7.53. The molecule has 0 bridgehead atoms. The molecule has 0 saturated carbocycles. The highest BCUT2D eigenvalue weighted by Crippen LogP contribution is 2.46. The molecule has 4 aromatic rings. The number of aliphatic carboxylic acids is 4. The summed E-state index contributed by atoms with van der Waals surface area (Å²) >= 11 is 0. The van der Waals surface area contributed by atoms with Gasteiger partial charge in [-0.15, -0.1) is 0 Å². The van der Waals surface area contributed by atoms with Gasteiger partial charge in [-0.3, -0.25) is 37.4 Å². The van der Waals surface area contributed by atoms with E-state index in [0.717, 1.165) is 0 Å². The van der Waals surface area contributed by atoms with E-state index in [9.17, 15) is 82.5 Å². The van der Waals surface area contributed by atoms with E-state index >= 15 is 0 Å². The van der Waals surface area contributed by atoms with Crippen molar-refractivity contribution in [3.8, 4) is 0 Å². The molecule has 4 rings (SSSR count). The van der Waals surface area contributed by atoms with E-state index < -0.39 is 105 Å². The second-order valence-electron chi connectivity index (χ2n) is 17.0. The first kappa shape index (κ1) is 61.1. The molecule has 0 spiro atoms. The number of hydrogen-bond donors (Lipinski definition) is 13. The molecule has 0 aliphatic heterocycles. The molecule has 0 fully saturated rings. The molecule has 13 N–H and O–H groups in total. The zero-order valence-corrected chi connectivity index (χ0v) is 44.5. The van der Waals surface area contributed by atoms with Crippen LogP contribution in [0.4, 0.5) is 0 Å². The fourth-order valence-electron chi connectivity index (χ4n) is 8.89. The lowest BCUT2D eigenvalue weighted by atomic mass is 9.95. The fraction of sp³-hybridized carbons (Fsp3) is 0.545. The summed E-state index contributed by atoms with van der Waals surface area (Å²) in [6.45, 7) is 4.96. The Morgan fingerprint density at radius 3 is 1.01 bits per heavy atom. The van der Waals surface area contributed by atoms with Crippen LogP contribution < -0.4 is 0 Å². The first-order valence-corrected chi connectivity index (χ1v) is 30.4. The van der Waals surface area contributed by atoms with Gasteiger partial charge in [0.2, 0.25) is 0 Å². The minimum Gasteiger partial charge on any atom is -0.481 e. The molecule has 4 atom stereocenters. The standard InChI is InChI=1S/C44H66N4O21P4/c1-5-66-70(58,59)13-9-26-24-45-34(30(26)17-41(50)51)21-35-27(10-14-71(60,61)67-6-2)31(18-42(52)53)38(46-35)22-36-28(11-15-72(62,63)68-7-3)32(19-43(54)55)39(47-36)23-37-29(12-16-73(64,65)69-8-4)33(20-44(56)57)40(25-49)48-37/h24,45-49H,5-23,25H2,1-4H3,(H,50,51)(H,52,53)(H,54,55)(H,56,57)(H,58,59)(H,60,61)(H,62,63)(H,64,65). The van der Waals surface area contributed by atoms with Crippen LogP contribution >= 0.6 is 30.4 Å². The Morgan fingerprint density at radius 1 is 0.425 bits per heavy atom. The maximum absolute atomic E-state index is 13.2. The Balaban J connectivity index is 2.01. The average Bonchev–Trinajstić information content (AvgIpc) is 3.99. The summed E-state index contributed by atoms with van der Waals surface area (Å²) in [6.07, 6.45) is -4.32. The monoisotopic (exact) mass is 1110 g/mol. The zero-order valence-electron chi connectivity index (χ0n) is 40.9. The van der Waals surface area contributed by atoms with Crippen molar-refractivity contribution in [2.45, 2.75) is 105 Å². The lowest BCUT2D eigenvalue weighted by Gasteiger charge is -2.13. The van der Waals surface area contributed by atoms with Gasteiger partial charge in [0.1, 0.15) is 0 Å². The first-order chi connectivity index (χ1) is 34.2. The van der Waals surface area contributed by atoms with E-state index in [-0.39, 0.29) is 151 Å². The van der Waals surface area contributed by atoms with E-state index in [1.54, 1.807) is 6.92 Å². The summed E-state index contributed by atoms with van der Waals surface area (Å²) in [6, 6.07) is 0. The lowest BCUT2D eigenvalue weighted by Crippen LogP contribution is -2.10. The Bertz CT molecular complexity index is 2790. The van der Waals surface area contributed by atoms with Crippen LogP contribution in [0.15, 0.2) is 6.20 Å². The summed E-state index contributed by atoms with van der Waals surface area (Å²) in [5.74, 6) is -5.19. The topological polar surface area (TPSA) is 419 Å². The van der Waals surface area contributed by atoms with Gasteiger partial charge < -0.3 is 83.1 Å². The molecular formula is C44H66N4O21P4. The molecule has 0 aliphatic rings. The number of aryl methyl sites for hydroxylation is 1. The summed E-state index contributed by atoms with van der Waals surface area (Å²) in [7, 11) is -16.8. The molecule has 4 heterocycles. The number of rotatable bonds is 35. The van der Waals surface area contributed by atoms with E-state index in [1.807, 2.05) is 0 Å². The van der Waals surface area contributed by atoms with Gasteiger partial charge in [-0.2, -0.15) is 0 Å². The van der Waals surface area contributed by atoms with Crippen molar-refractivity contribution in [3.05, 3.63) is 90.6 Å². The second kappa shape index (κ2) is 26.9. The van der Waals surface area contributed by atoms with Crippen LogP contribution in [0.25, 0.3) is 0 Å². The largest absolute Gasteiger partial charge is 0.481 e. The maximum atomic E-state index is 13.2. The number of aromatic nitrogens is 4. The van der Waals surface area contributed by atoms with Gasteiger partial charge in [0.05, 0.1) is 83.4 Å². The minimum atomic E-state index is -4.31. The van der Waals surface area contributed by atoms with Crippen molar-refractivity contribution in [2.75, 3.05) is 51.1 Å². The number of carboxylic acids is 4. The molecule has 408 valence electrons. The number of H-pyrrole nitrogens is 4. The minimum absolute atomic E-state index is 0.0448. The van der Waals surface area contributed by atoms with Crippen molar-refractivity contribution in [1.29, 1.82) is 0 Å². The molecule has 29 heteroatoms. The van der Waals surface area contributed by atoms with Gasteiger partial charge >= 0.3 is 54.3 Å². The van der Waals surface area contributed by atoms with Crippen molar-refractivity contribution < 1.29 is 101 Å². The van der Waals surface area contributed by atoms with Crippen LogP contribution in [-0.4, -0.2) is 140 Å². The van der Waals surface area contributed by atoms with Crippen LogP contribution in [-0.2, 0) is 133 Å². The normalized spacial score (nSPS) is 15.1. The Hall–Kier alpha value is -4.44. The van der Waals surface area contributed by atoms with Crippen LogP contribution in [0, 0.1) is 0 Å². The zero-order chi connectivity index (χ0) is 54.5. The van der Waals surface area contributed by atoms with Gasteiger partial charge in [-0.25, -0.2) is 0 Å². The van der Waals surface area contributed by atoms with Crippen molar-refractivity contribution in [1.82, 2.24) is 19.9 Å². The summed E-state index contributed by atoms with van der Waals surface area (Å²) in [5.41, 5.74) is 3.17. The number of carbonyl (C=O) groups is 4. The predicted octanol–water partition coefficient (Wildman–Crippen LogP) is 4.83. The Morgan fingerprint density at radius 2 is 0.699 bits per heavy atom. The fourth-order valence-corrected chi connectivity index (χ4v) is 13.1. The van der Waals surface area contributed by atoms with E-state index in [4.69, 9.17) is 18.1 Å². The van der Waals surface area contributed by atoms with Crippen molar-refractivity contribution in [2.24, 2.45) is 0 Å². The molecular weight excluding hydrogens is 1040 g/mol. The molecule has 4 aromatic heterocycles. The van der Waals surface area contributed by atoms with Gasteiger partial charge in [-0.1, -0.05) is 0 Å². The van der Waals surface area contributed by atoms with Gasteiger partial charge in [0, 0.05) is 65.3 Å². The van der Waals surface area contributed by atoms with E-state index in [0.29, 0.717) is 11.3 Å². The lowest BCUT2D eigenvalue weighted by molar-refractivity contribution is -0.137. The number of carboxylic acid groups (broad SMARTS) is 4. The average molecular weight is 1110 g/mol. The molecule has 4 unspecified atom stereocenters. The third-order valence-corrected chi connectivity index (χ3v) is 17.6. The summed E-state index contributed by atoms with van der Waals surface area (Å²) in [5, 5.41) is 50.7. The maximum Gasteiger partial charge on any atom is 0.328 e. The molecule has 73 heavy (non-hydrogen) atoms. The smallest absolute Gasteiger partial charge is 0.328 e. The van der Waals surface area contributed by atoms with Gasteiger partial charge in [0.15, 0.2) is 0 Å². The van der Waals surface area contributed by atoms with Crippen molar-refractivity contribution >= 4 is 54.3 Å². The quantitative estimate of drug-likeness (QED) is 0.0274. The first-order valence-electron chi connectivity index (χ1n) is 23.3. The molecule has 25 nitrogen and oxygen atoms in total. The predicted molar refractivity (Wildman–Crippen MR) is 263 cm³/mol. The van der Waals surface area contributed by atoms with Crippen LogP contribution in [0.5, 0.6) is 0 Å². The van der Waals surface area contributed by atoms with Crippen LogP contribution in [0.2, 0.25) is 0 Å². The number of nitrogens with one attached hydrogen (secondary N) is 4. The van der Waals surface area contributed by atoms with Gasteiger partial charge in [-0.05, 0) is 97.9 Å². The third kappa shape index (κ3) is 18.1. The third-order valence-electron chi connectivity index (χ3n) is 11.8. The number of aromatic amines is 4. The number of hydrogen-bond acceptors (Lipinski definition) is 13. The second-order valence-corrected chi connectivity index (χ2v) is 24.9. The summed E-state index contributed by atoms with van der Waals surface area (Å²) in [4.78, 5) is 104. The molecule has 0 saturated heterocycles. The highest BCUT2D eigenvalue weighted by Gasteiger charge is 2.31. The van der Waals surface area contributed by atoms with E-state index in [2.05, 4.69) is 19.9 Å². The number of aliphatic hydroxyl groups is 1. The van der Waals surface area contributed by atoms with Crippen LogP contribution in [0.3, 0.4) is 0 Å². The molecule has 0 aliphatic carbocycles. The summed E-state index contributed by atoms with van der Waals surface area (Å²) < 4.78 is 72.0. The van der Waals surface area contributed by atoms with E-state index in [1.165, 1.54) is 27.0 Å². The van der Waals surface area contributed by atoms with Crippen molar-refractivity contribution in [3.63, 3.8) is 0 Å². The Labute approximate surface area is 420 Å². The SMILES string of the molecule is CCOP(=O)(O)CCc1c[nH]c(Cc2[nH]c(Cc3[nH]c(Cc4[nH]c(CO)c(CC(=O)O)c4CCP(=O)(O)OCC)c(CC(=O)O)c3CCP(=O)(O)OCC)c(CC(=O)O)c2CCP(=O)(O)OCC)c1CC(=O)O. The van der Waals surface area contributed by atoms with Crippen LogP contribution in [0.1, 0.15) is 112 Å². The Kier molecular flexibility index (Phi) is 22.5. The molecule has 0 radical (unpaired) electrons.